The van der Waals surface area contributed by atoms with Crippen LogP contribution in [0.1, 0.15) is 11.3 Å². The first-order chi connectivity index (χ1) is 11.1. The quantitative estimate of drug-likeness (QED) is 0.732. The van der Waals surface area contributed by atoms with E-state index in [1.54, 1.807) is 12.1 Å². The van der Waals surface area contributed by atoms with Crippen LogP contribution in [0.25, 0.3) is 11.0 Å². The molecule has 0 aliphatic heterocycles. The molecule has 1 heterocycles. The van der Waals surface area contributed by atoms with E-state index in [-0.39, 0.29) is 12.4 Å². The Balaban J connectivity index is 1.69. The summed E-state index contributed by atoms with van der Waals surface area (Å²) in [5.74, 6) is -0.675. The topological polar surface area (TPSA) is 62.5 Å². The first kappa shape index (κ1) is 15.2. The number of carbonyl (C=O) groups is 1. The van der Waals surface area contributed by atoms with Gasteiger partial charge in [0.15, 0.2) is 0 Å². The fourth-order valence-corrected chi connectivity index (χ4v) is 2.48. The zero-order chi connectivity index (χ0) is 16.2. The van der Waals surface area contributed by atoms with E-state index in [1.807, 2.05) is 30.3 Å². The van der Waals surface area contributed by atoms with Crippen molar-refractivity contribution in [3.63, 3.8) is 0 Å². The lowest BCUT2D eigenvalue weighted by Crippen LogP contribution is -2.37. The van der Waals surface area contributed by atoms with E-state index < -0.39 is 12.0 Å². The molecule has 0 saturated carbocycles. The minimum absolute atomic E-state index is 0.264. The van der Waals surface area contributed by atoms with Crippen molar-refractivity contribution in [1.29, 1.82) is 0 Å². The van der Waals surface area contributed by atoms with Gasteiger partial charge in [0, 0.05) is 5.39 Å². The maximum Gasteiger partial charge on any atom is 0.321 e. The highest BCUT2D eigenvalue weighted by Gasteiger charge is 2.18. The number of hydrogen-bond acceptors (Lipinski definition) is 3. The Kier molecular flexibility index (Phi) is 4.39. The Bertz CT molecular complexity index is 814. The SMILES string of the molecule is O=C(O)C(Cc1ccccc1)NCc1cc2cc(F)ccc2o1. The predicted octanol–water partition coefficient (Wildman–Crippen LogP) is 3.36. The van der Waals surface area contributed by atoms with Crippen LogP contribution < -0.4 is 5.32 Å². The van der Waals surface area contributed by atoms with Crippen LogP contribution in [0.4, 0.5) is 4.39 Å². The summed E-state index contributed by atoms with van der Waals surface area (Å²) in [5, 5.41) is 13.0. The summed E-state index contributed by atoms with van der Waals surface area (Å²) in [6, 6.07) is 14.7. The third-order valence-corrected chi connectivity index (χ3v) is 3.63. The minimum Gasteiger partial charge on any atom is -0.480 e. The average Bonchev–Trinajstić information content (AvgIpc) is 2.94. The summed E-state index contributed by atoms with van der Waals surface area (Å²) in [5.41, 5.74) is 1.53. The number of furan rings is 1. The number of fused-ring (bicyclic) bond motifs is 1. The molecule has 0 radical (unpaired) electrons. The molecule has 4 nitrogen and oxygen atoms in total. The summed E-state index contributed by atoms with van der Waals surface area (Å²) in [7, 11) is 0. The second-order valence-corrected chi connectivity index (χ2v) is 5.36. The Morgan fingerprint density at radius 3 is 2.70 bits per heavy atom. The fraction of sp³-hybridized carbons (Fsp3) is 0.167. The summed E-state index contributed by atoms with van der Waals surface area (Å²) in [6.07, 6.45) is 0.380. The van der Waals surface area contributed by atoms with E-state index in [9.17, 15) is 14.3 Å². The van der Waals surface area contributed by atoms with E-state index in [1.165, 1.54) is 12.1 Å². The molecule has 3 rings (SSSR count). The Morgan fingerprint density at radius 1 is 1.17 bits per heavy atom. The van der Waals surface area contributed by atoms with Crippen molar-refractivity contribution < 1.29 is 18.7 Å². The Morgan fingerprint density at radius 2 is 1.96 bits per heavy atom. The van der Waals surface area contributed by atoms with Gasteiger partial charge in [-0.1, -0.05) is 30.3 Å². The van der Waals surface area contributed by atoms with E-state index in [0.29, 0.717) is 23.2 Å². The Labute approximate surface area is 132 Å². The van der Waals surface area contributed by atoms with Gasteiger partial charge in [-0.2, -0.15) is 0 Å². The van der Waals surface area contributed by atoms with Gasteiger partial charge in [-0.25, -0.2) is 4.39 Å². The molecule has 0 saturated heterocycles. The van der Waals surface area contributed by atoms with Gasteiger partial charge < -0.3 is 9.52 Å². The van der Waals surface area contributed by atoms with Crippen molar-refractivity contribution in [2.24, 2.45) is 0 Å². The van der Waals surface area contributed by atoms with Gasteiger partial charge in [-0.15, -0.1) is 0 Å². The summed E-state index contributed by atoms with van der Waals surface area (Å²) in [4.78, 5) is 11.4. The van der Waals surface area contributed by atoms with E-state index in [4.69, 9.17) is 4.42 Å². The second kappa shape index (κ2) is 6.62. The molecule has 0 amide bonds. The number of carboxylic acids is 1. The minimum atomic E-state index is -0.920. The molecule has 5 heteroatoms. The lowest BCUT2D eigenvalue weighted by molar-refractivity contribution is -0.139. The molecule has 0 aliphatic carbocycles. The molecule has 2 N–H and O–H groups in total. The van der Waals surface area contributed by atoms with Crippen LogP contribution in [0, 0.1) is 5.82 Å². The van der Waals surface area contributed by atoms with Crippen LogP contribution in [0.15, 0.2) is 59.0 Å². The normalized spacial score (nSPS) is 12.4. The van der Waals surface area contributed by atoms with E-state index in [0.717, 1.165) is 5.56 Å². The first-order valence-electron chi connectivity index (χ1n) is 7.30. The van der Waals surface area contributed by atoms with Gasteiger partial charge in [0.2, 0.25) is 0 Å². The van der Waals surface area contributed by atoms with Crippen LogP contribution >= 0.6 is 0 Å². The number of benzene rings is 2. The molecule has 0 spiro atoms. The van der Waals surface area contributed by atoms with E-state index >= 15 is 0 Å². The van der Waals surface area contributed by atoms with Crippen LogP contribution in [0.3, 0.4) is 0 Å². The largest absolute Gasteiger partial charge is 0.480 e. The standard InChI is InChI=1S/C18H16FNO3/c19-14-6-7-17-13(9-14)10-15(23-17)11-20-16(18(21)22)8-12-4-2-1-3-5-12/h1-7,9-10,16,20H,8,11H2,(H,21,22). The smallest absolute Gasteiger partial charge is 0.321 e. The lowest BCUT2D eigenvalue weighted by Gasteiger charge is -2.13. The van der Waals surface area contributed by atoms with Crippen molar-refractivity contribution in [3.8, 4) is 0 Å². The van der Waals surface area contributed by atoms with Crippen LogP contribution in [-0.2, 0) is 17.8 Å². The maximum atomic E-state index is 13.2. The number of halogens is 1. The van der Waals surface area contributed by atoms with Gasteiger partial charge >= 0.3 is 5.97 Å². The molecule has 0 aliphatic rings. The summed E-state index contributed by atoms with van der Waals surface area (Å²) < 4.78 is 18.8. The summed E-state index contributed by atoms with van der Waals surface area (Å²) in [6.45, 7) is 0.264. The number of rotatable bonds is 6. The molecule has 3 aromatic rings. The summed E-state index contributed by atoms with van der Waals surface area (Å²) >= 11 is 0. The fourth-order valence-electron chi connectivity index (χ4n) is 2.48. The monoisotopic (exact) mass is 313 g/mol. The molecule has 0 bridgehead atoms. The first-order valence-corrected chi connectivity index (χ1v) is 7.30. The third-order valence-electron chi connectivity index (χ3n) is 3.63. The van der Waals surface area contributed by atoms with Gasteiger partial charge in [0.25, 0.3) is 0 Å². The molecule has 118 valence electrons. The molecule has 0 fully saturated rings. The molecule has 1 aromatic heterocycles. The zero-order valence-electron chi connectivity index (χ0n) is 12.3. The van der Waals surface area contributed by atoms with Crippen LogP contribution in [0.5, 0.6) is 0 Å². The van der Waals surface area contributed by atoms with Crippen molar-refractivity contribution in [2.75, 3.05) is 0 Å². The Hall–Kier alpha value is -2.66. The molecular weight excluding hydrogens is 297 g/mol. The highest BCUT2D eigenvalue weighted by Crippen LogP contribution is 2.20. The van der Waals surface area contributed by atoms with Crippen molar-refractivity contribution in [1.82, 2.24) is 5.32 Å². The lowest BCUT2D eigenvalue weighted by atomic mass is 10.1. The number of hydrogen-bond donors (Lipinski definition) is 2. The average molecular weight is 313 g/mol. The van der Waals surface area contributed by atoms with E-state index in [2.05, 4.69) is 5.32 Å². The highest BCUT2D eigenvalue weighted by atomic mass is 19.1. The van der Waals surface area contributed by atoms with Crippen LogP contribution in [0.2, 0.25) is 0 Å². The molecule has 2 aromatic carbocycles. The van der Waals surface area contributed by atoms with Crippen LogP contribution in [-0.4, -0.2) is 17.1 Å². The van der Waals surface area contributed by atoms with Gasteiger partial charge in [-0.05, 0) is 36.2 Å². The zero-order valence-corrected chi connectivity index (χ0v) is 12.3. The third kappa shape index (κ3) is 3.76. The number of aliphatic carboxylic acids is 1. The van der Waals surface area contributed by atoms with Gasteiger partial charge in [-0.3, -0.25) is 10.1 Å². The highest BCUT2D eigenvalue weighted by molar-refractivity contribution is 5.78. The number of nitrogens with one attached hydrogen (secondary N) is 1. The van der Waals surface area contributed by atoms with Crippen molar-refractivity contribution >= 4 is 16.9 Å². The molecule has 23 heavy (non-hydrogen) atoms. The maximum absolute atomic E-state index is 13.2. The van der Waals surface area contributed by atoms with Gasteiger partial charge in [0.1, 0.15) is 23.2 Å². The predicted molar refractivity (Wildman–Crippen MR) is 84.6 cm³/mol. The van der Waals surface area contributed by atoms with Crippen molar-refractivity contribution in [2.45, 2.75) is 19.0 Å². The number of carboxylic acid groups (broad SMARTS) is 1. The van der Waals surface area contributed by atoms with Crippen molar-refractivity contribution in [3.05, 3.63) is 71.7 Å². The molecule has 1 atom stereocenters. The second-order valence-electron chi connectivity index (χ2n) is 5.36. The molecule has 1 unspecified atom stereocenters. The molecular formula is C18H16FNO3. The van der Waals surface area contributed by atoms with Gasteiger partial charge in [0.05, 0.1) is 6.54 Å².